The van der Waals surface area contributed by atoms with E-state index >= 15 is 0 Å². The molecule has 2 aromatic carbocycles. The summed E-state index contributed by atoms with van der Waals surface area (Å²) in [6.07, 6.45) is 1.46. The number of anilines is 1. The lowest BCUT2D eigenvalue weighted by Crippen LogP contribution is -2.51. The van der Waals surface area contributed by atoms with Gasteiger partial charge in [-0.2, -0.15) is 0 Å². The van der Waals surface area contributed by atoms with Gasteiger partial charge in [-0.05, 0) is 44.0 Å². The number of nitrogens with zero attached hydrogens (tertiary/aromatic N) is 1. The molecule has 2 N–H and O–H groups in total. The molecular formula is C23H28FN3O4. The Morgan fingerprint density at radius 2 is 1.97 bits per heavy atom. The predicted octanol–water partition coefficient (Wildman–Crippen LogP) is 4.01. The van der Waals surface area contributed by atoms with Gasteiger partial charge in [0.25, 0.3) is 0 Å². The lowest BCUT2D eigenvalue weighted by atomic mass is 9.93. The van der Waals surface area contributed by atoms with Crippen molar-refractivity contribution in [2.24, 2.45) is 5.92 Å². The molecule has 3 rings (SSSR count). The van der Waals surface area contributed by atoms with Crippen LogP contribution in [0.5, 0.6) is 11.5 Å². The minimum absolute atomic E-state index is 0.000625. The van der Waals surface area contributed by atoms with Gasteiger partial charge in [0.1, 0.15) is 11.6 Å². The largest absolute Gasteiger partial charge is 0.455 e. The summed E-state index contributed by atoms with van der Waals surface area (Å²) in [7, 11) is 1.58. The number of nitrogens with one attached hydrogen (secondary N) is 2. The molecule has 0 saturated carbocycles. The monoisotopic (exact) mass is 429 g/mol. The summed E-state index contributed by atoms with van der Waals surface area (Å²) in [5.74, 6) is -0.00837. The Morgan fingerprint density at radius 1 is 1.16 bits per heavy atom. The number of hydrogen-bond acceptors (Lipinski definition) is 4. The zero-order valence-corrected chi connectivity index (χ0v) is 17.8. The van der Waals surface area contributed by atoms with E-state index in [9.17, 15) is 14.0 Å². The molecule has 2 unspecified atom stereocenters. The number of carbonyl (C=O) groups is 2. The van der Waals surface area contributed by atoms with Crippen molar-refractivity contribution < 1.29 is 23.5 Å². The third-order valence-corrected chi connectivity index (χ3v) is 5.27. The number of carbonyl (C=O) groups excluding carboxylic acids is 2. The highest BCUT2D eigenvalue weighted by molar-refractivity contribution is 5.92. The lowest BCUT2D eigenvalue weighted by Gasteiger charge is -2.37. The van der Waals surface area contributed by atoms with Gasteiger partial charge in [-0.3, -0.25) is 4.79 Å². The van der Waals surface area contributed by atoms with Crippen molar-refractivity contribution in [3.05, 3.63) is 54.3 Å². The van der Waals surface area contributed by atoms with Gasteiger partial charge in [0.15, 0.2) is 5.75 Å². The molecule has 0 radical (unpaired) electrons. The van der Waals surface area contributed by atoms with E-state index in [0.717, 1.165) is 12.8 Å². The summed E-state index contributed by atoms with van der Waals surface area (Å²) >= 11 is 0. The maximum absolute atomic E-state index is 13.5. The second kappa shape index (κ2) is 10.8. The van der Waals surface area contributed by atoms with Gasteiger partial charge in [-0.1, -0.05) is 18.2 Å². The van der Waals surface area contributed by atoms with Crippen molar-refractivity contribution in [3.8, 4) is 11.5 Å². The van der Waals surface area contributed by atoms with Crippen molar-refractivity contribution in [1.29, 1.82) is 0 Å². The number of piperidine rings is 1. The lowest BCUT2D eigenvalue weighted by molar-refractivity contribution is -0.126. The molecule has 166 valence electrons. The van der Waals surface area contributed by atoms with Crippen LogP contribution in [-0.2, 0) is 9.53 Å². The Bertz CT molecular complexity index is 908. The number of hydrogen-bond donors (Lipinski definition) is 2. The molecule has 7 nitrogen and oxygen atoms in total. The van der Waals surface area contributed by atoms with E-state index < -0.39 is 5.82 Å². The molecule has 1 aliphatic rings. The molecule has 2 aromatic rings. The first kappa shape index (κ1) is 22.6. The topological polar surface area (TPSA) is 79.9 Å². The molecule has 0 aliphatic carbocycles. The van der Waals surface area contributed by atoms with E-state index in [1.54, 1.807) is 48.4 Å². The third kappa shape index (κ3) is 6.18. The van der Waals surface area contributed by atoms with Crippen LogP contribution in [0.1, 0.15) is 19.8 Å². The number of rotatable bonds is 7. The number of methoxy groups -OCH3 is 1. The molecular weight excluding hydrogens is 401 g/mol. The van der Waals surface area contributed by atoms with Crippen molar-refractivity contribution in [3.63, 3.8) is 0 Å². The molecule has 0 aromatic heterocycles. The van der Waals surface area contributed by atoms with Gasteiger partial charge in [-0.15, -0.1) is 0 Å². The van der Waals surface area contributed by atoms with Crippen LogP contribution >= 0.6 is 0 Å². The van der Waals surface area contributed by atoms with E-state index in [4.69, 9.17) is 9.47 Å². The molecule has 0 bridgehead atoms. The maximum atomic E-state index is 13.5. The van der Waals surface area contributed by atoms with E-state index in [0.29, 0.717) is 36.9 Å². The number of benzene rings is 2. The van der Waals surface area contributed by atoms with Crippen LogP contribution in [0.15, 0.2) is 48.5 Å². The summed E-state index contributed by atoms with van der Waals surface area (Å²) in [5, 5.41) is 5.72. The Kier molecular flexibility index (Phi) is 7.83. The van der Waals surface area contributed by atoms with E-state index in [1.807, 2.05) is 6.92 Å². The van der Waals surface area contributed by atoms with E-state index in [1.165, 1.54) is 12.1 Å². The molecule has 1 heterocycles. The molecule has 0 spiro atoms. The Hall–Kier alpha value is -3.13. The Labute approximate surface area is 181 Å². The van der Waals surface area contributed by atoms with Crippen LogP contribution in [0.3, 0.4) is 0 Å². The quantitative estimate of drug-likeness (QED) is 0.652. The molecule has 1 saturated heterocycles. The standard InChI is InChI=1S/C23H28FN3O4/c1-16-10-11-17(22(28)25-12-13-30-2)15-27(16)23(29)26-20-8-3-4-9-21(20)31-19-7-5-6-18(24)14-19/h3-9,14,16-17H,10-13,15H2,1-2H3,(H,25,28)(H,26,29). The normalized spacial score (nSPS) is 18.4. The number of urea groups is 1. The SMILES string of the molecule is COCCNC(=O)C1CCC(C)N(C(=O)Nc2ccccc2Oc2cccc(F)c2)C1. The summed E-state index contributed by atoms with van der Waals surface area (Å²) in [4.78, 5) is 27.1. The van der Waals surface area contributed by atoms with Crippen LogP contribution in [0.2, 0.25) is 0 Å². The molecule has 3 amide bonds. The maximum Gasteiger partial charge on any atom is 0.322 e. The van der Waals surface area contributed by atoms with Gasteiger partial charge < -0.3 is 25.0 Å². The molecule has 8 heteroatoms. The number of halogens is 1. The smallest absolute Gasteiger partial charge is 0.322 e. The van der Waals surface area contributed by atoms with Crippen LogP contribution in [0.25, 0.3) is 0 Å². The fraction of sp³-hybridized carbons (Fsp3) is 0.391. The number of ether oxygens (including phenoxy) is 2. The first-order valence-electron chi connectivity index (χ1n) is 10.3. The molecule has 1 aliphatic heterocycles. The summed E-state index contributed by atoms with van der Waals surface area (Å²) in [6.45, 7) is 3.19. The fourth-order valence-corrected chi connectivity index (χ4v) is 3.53. The highest BCUT2D eigenvalue weighted by atomic mass is 19.1. The molecule has 31 heavy (non-hydrogen) atoms. The zero-order valence-electron chi connectivity index (χ0n) is 17.8. The highest BCUT2D eigenvalue weighted by Gasteiger charge is 2.32. The van der Waals surface area contributed by atoms with Gasteiger partial charge in [-0.25, -0.2) is 9.18 Å². The average Bonchev–Trinajstić information content (AvgIpc) is 2.75. The summed E-state index contributed by atoms with van der Waals surface area (Å²) in [6, 6.07) is 12.5. The third-order valence-electron chi connectivity index (χ3n) is 5.27. The zero-order chi connectivity index (χ0) is 22.2. The first-order valence-corrected chi connectivity index (χ1v) is 10.3. The number of likely N-dealkylation sites (tertiary alicyclic amines) is 1. The van der Waals surface area contributed by atoms with E-state index in [-0.39, 0.29) is 23.9 Å². The summed E-state index contributed by atoms with van der Waals surface area (Å²) < 4.78 is 24.2. The predicted molar refractivity (Wildman–Crippen MR) is 116 cm³/mol. The van der Waals surface area contributed by atoms with Crippen molar-refractivity contribution in [1.82, 2.24) is 10.2 Å². The fourth-order valence-electron chi connectivity index (χ4n) is 3.53. The van der Waals surface area contributed by atoms with Crippen molar-refractivity contribution >= 4 is 17.6 Å². The van der Waals surface area contributed by atoms with Crippen molar-refractivity contribution in [2.45, 2.75) is 25.8 Å². The molecule has 2 atom stereocenters. The van der Waals surface area contributed by atoms with Crippen molar-refractivity contribution in [2.75, 3.05) is 32.1 Å². The van der Waals surface area contributed by atoms with Crippen LogP contribution in [-0.4, -0.2) is 49.7 Å². The van der Waals surface area contributed by atoms with Gasteiger partial charge in [0.05, 0.1) is 18.2 Å². The summed E-state index contributed by atoms with van der Waals surface area (Å²) in [5.41, 5.74) is 0.468. The minimum Gasteiger partial charge on any atom is -0.455 e. The number of amides is 3. The highest BCUT2D eigenvalue weighted by Crippen LogP contribution is 2.30. The second-order valence-corrected chi connectivity index (χ2v) is 7.55. The van der Waals surface area contributed by atoms with Gasteiger partial charge >= 0.3 is 6.03 Å². The van der Waals surface area contributed by atoms with Gasteiger partial charge in [0.2, 0.25) is 5.91 Å². The average molecular weight is 429 g/mol. The first-order chi connectivity index (χ1) is 15.0. The van der Waals surface area contributed by atoms with Gasteiger partial charge in [0, 0.05) is 32.3 Å². The van der Waals surface area contributed by atoms with Crippen LogP contribution in [0, 0.1) is 11.7 Å². The Balaban J connectivity index is 1.67. The minimum atomic E-state index is -0.407. The second-order valence-electron chi connectivity index (χ2n) is 7.55. The van der Waals surface area contributed by atoms with E-state index in [2.05, 4.69) is 10.6 Å². The van der Waals surface area contributed by atoms with Crippen LogP contribution in [0.4, 0.5) is 14.9 Å². The van der Waals surface area contributed by atoms with Crippen LogP contribution < -0.4 is 15.4 Å². The molecule has 1 fully saturated rings. The number of para-hydroxylation sites is 2. The Morgan fingerprint density at radius 3 is 2.74 bits per heavy atom.